The number of anilines is 1. The van der Waals surface area contributed by atoms with Gasteiger partial charge in [0.25, 0.3) is 5.91 Å². The molecular weight excluding hydrogens is 418 g/mol. The Kier molecular flexibility index (Phi) is 4.53. The number of carbonyl (C=O) groups is 1. The van der Waals surface area contributed by atoms with Gasteiger partial charge in [0.2, 0.25) is 0 Å². The molecule has 2 aliphatic carbocycles. The number of imidazole rings is 1. The number of thiazole rings is 1. The van der Waals surface area contributed by atoms with E-state index in [4.69, 9.17) is 4.74 Å². The van der Waals surface area contributed by atoms with Crippen LogP contribution in [0.25, 0.3) is 11.3 Å². The molecule has 10 nitrogen and oxygen atoms in total. The number of morpholine rings is 1. The second-order valence-electron chi connectivity index (χ2n) is 8.36. The lowest BCUT2D eigenvalue weighted by atomic mass is 9.86. The molecule has 2 saturated carbocycles. The van der Waals surface area contributed by atoms with E-state index in [1.165, 1.54) is 11.3 Å². The number of aromatic nitrogens is 5. The first kappa shape index (κ1) is 18.9. The van der Waals surface area contributed by atoms with Crippen molar-refractivity contribution in [2.75, 3.05) is 31.6 Å². The maximum absolute atomic E-state index is 13.1. The number of hydrogen-bond donors (Lipinski definition) is 1. The van der Waals surface area contributed by atoms with Gasteiger partial charge in [-0.2, -0.15) is 0 Å². The third-order valence-electron chi connectivity index (χ3n) is 6.26. The minimum absolute atomic E-state index is 0.000192. The highest BCUT2D eigenvalue weighted by molar-refractivity contribution is 7.17. The predicted molar refractivity (Wildman–Crippen MR) is 115 cm³/mol. The highest BCUT2D eigenvalue weighted by atomic mass is 32.1. The lowest BCUT2D eigenvalue weighted by Gasteiger charge is -2.36. The van der Waals surface area contributed by atoms with Gasteiger partial charge in [0, 0.05) is 43.6 Å². The van der Waals surface area contributed by atoms with E-state index in [0.29, 0.717) is 42.5 Å². The van der Waals surface area contributed by atoms with Crippen LogP contribution in [0.4, 0.5) is 5.13 Å². The van der Waals surface area contributed by atoms with Gasteiger partial charge >= 0.3 is 5.69 Å². The number of hydrogen-bond acceptors (Lipinski definition) is 8. The molecule has 4 heterocycles. The Hall–Kier alpha value is -2.79. The summed E-state index contributed by atoms with van der Waals surface area (Å²) in [5, 5.41) is 4.16. The summed E-state index contributed by atoms with van der Waals surface area (Å²) in [4.78, 5) is 41.4. The first-order valence-electron chi connectivity index (χ1n) is 10.7. The van der Waals surface area contributed by atoms with Crippen LogP contribution in [0.15, 0.2) is 23.4 Å². The summed E-state index contributed by atoms with van der Waals surface area (Å²) in [5.41, 5.74) is 1.37. The van der Waals surface area contributed by atoms with E-state index >= 15 is 0 Å². The number of rotatable bonds is 5. The average molecular weight is 442 g/mol. The monoisotopic (exact) mass is 441 g/mol. The molecule has 3 aromatic rings. The molecule has 0 spiro atoms. The van der Waals surface area contributed by atoms with E-state index in [0.717, 1.165) is 30.8 Å². The van der Waals surface area contributed by atoms with Crippen LogP contribution < -0.4 is 11.0 Å². The number of ether oxygens (including phenoxy) is 1. The van der Waals surface area contributed by atoms with Gasteiger partial charge in [-0.3, -0.25) is 13.9 Å². The molecule has 1 amide bonds. The number of carbonyl (C=O) groups excluding carboxylic acids is 1. The summed E-state index contributed by atoms with van der Waals surface area (Å²) in [6.07, 6.45) is 8.62. The quantitative estimate of drug-likeness (QED) is 0.642. The SMILES string of the molecule is O=C(c1cnc(NC2CC(n3c(=O)n(C4CC4)c4nccnc43)C2)s1)N1CCOCC1. The van der Waals surface area contributed by atoms with Gasteiger partial charge in [0.05, 0.1) is 19.4 Å². The van der Waals surface area contributed by atoms with Crippen molar-refractivity contribution in [1.29, 1.82) is 0 Å². The van der Waals surface area contributed by atoms with Crippen molar-refractivity contribution in [3.63, 3.8) is 0 Å². The Morgan fingerprint density at radius 1 is 1.03 bits per heavy atom. The Labute approximate surface area is 181 Å². The fraction of sp³-hybridized carbons (Fsp3) is 0.550. The first-order chi connectivity index (χ1) is 15.2. The van der Waals surface area contributed by atoms with Gasteiger partial charge in [-0.05, 0) is 25.7 Å². The molecule has 0 unspecified atom stereocenters. The highest BCUT2D eigenvalue weighted by Crippen LogP contribution is 2.39. The molecule has 6 rings (SSSR count). The maximum atomic E-state index is 13.1. The van der Waals surface area contributed by atoms with Gasteiger partial charge in [-0.15, -0.1) is 0 Å². The van der Waals surface area contributed by atoms with Gasteiger partial charge in [0.1, 0.15) is 4.88 Å². The van der Waals surface area contributed by atoms with E-state index in [1.54, 1.807) is 18.6 Å². The summed E-state index contributed by atoms with van der Waals surface area (Å²) >= 11 is 1.38. The van der Waals surface area contributed by atoms with Gasteiger partial charge in [-0.1, -0.05) is 11.3 Å². The zero-order valence-electron chi connectivity index (χ0n) is 16.9. The molecule has 3 aromatic heterocycles. The van der Waals surface area contributed by atoms with Crippen molar-refractivity contribution >= 4 is 33.7 Å². The molecule has 0 aromatic carbocycles. The molecule has 3 fully saturated rings. The van der Waals surface area contributed by atoms with Crippen molar-refractivity contribution in [2.45, 2.75) is 43.8 Å². The number of fused-ring (bicyclic) bond motifs is 1. The van der Waals surface area contributed by atoms with Crippen LogP contribution in [-0.2, 0) is 4.74 Å². The lowest BCUT2D eigenvalue weighted by Crippen LogP contribution is -2.41. The molecule has 3 aliphatic rings. The summed E-state index contributed by atoms with van der Waals surface area (Å²) < 4.78 is 8.94. The van der Waals surface area contributed by atoms with Gasteiger partial charge < -0.3 is 15.0 Å². The third kappa shape index (κ3) is 3.32. The zero-order chi connectivity index (χ0) is 20.9. The smallest absolute Gasteiger partial charge is 0.332 e. The molecule has 0 atom stereocenters. The van der Waals surface area contributed by atoms with Crippen molar-refractivity contribution in [3.8, 4) is 0 Å². The topological polar surface area (TPSA) is 107 Å². The minimum atomic E-state index is -0.000192. The molecule has 31 heavy (non-hydrogen) atoms. The molecule has 162 valence electrons. The molecule has 1 N–H and O–H groups in total. The van der Waals surface area contributed by atoms with E-state index < -0.39 is 0 Å². The first-order valence-corrected chi connectivity index (χ1v) is 11.5. The fourth-order valence-corrected chi connectivity index (χ4v) is 5.27. The summed E-state index contributed by atoms with van der Waals surface area (Å²) in [5.74, 6) is 0.0124. The van der Waals surface area contributed by atoms with E-state index in [2.05, 4.69) is 20.3 Å². The number of nitrogens with one attached hydrogen (secondary N) is 1. The molecule has 0 radical (unpaired) electrons. The molecule has 11 heteroatoms. The molecule has 1 aliphatic heterocycles. The average Bonchev–Trinajstić information content (AvgIpc) is 3.42. The molecular formula is C20H23N7O3S. The normalized spacial score (nSPS) is 23.7. The van der Waals surface area contributed by atoms with E-state index in [1.807, 2.05) is 14.0 Å². The van der Waals surface area contributed by atoms with E-state index in [9.17, 15) is 9.59 Å². The molecule has 1 saturated heterocycles. The van der Waals surface area contributed by atoms with Crippen molar-refractivity contribution in [3.05, 3.63) is 34.0 Å². The van der Waals surface area contributed by atoms with Crippen LogP contribution in [0.3, 0.4) is 0 Å². The minimum Gasteiger partial charge on any atom is -0.378 e. The predicted octanol–water partition coefficient (Wildman–Crippen LogP) is 1.67. The summed E-state index contributed by atoms with van der Waals surface area (Å²) in [6.45, 7) is 2.41. The Morgan fingerprint density at radius 3 is 2.39 bits per heavy atom. The fourth-order valence-electron chi connectivity index (χ4n) is 4.40. The largest absolute Gasteiger partial charge is 0.378 e. The van der Waals surface area contributed by atoms with Gasteiger partial charge in [-0.25, -0.2) is 19.7 Å². The van der Waals surface area contributed by atoms with Crippen LogP contribution in [0.1, 0.15) is 47.4 Å². The third-order valence-corrected chi connectivity index (χ3v) is 7.18. The van der Waals surface area contributed by atoms with Crippen molar-refractivity contribution in [1.82, 2.24) is 29.0 Å². The lowest BCUT2D eigenvalue weighted by molar-refractivity contribution is 0.0306. The van der Waals surface area contributed by atoms with Gasteiger partial charge in [0.15, 0.2) is 16.4 Å². The molecule has 0 bridgehead atoms. The number of amides is 1. The van der Waals surface area contributed by atoms with Crippen LogP contribution in [-0.4, -0.2) is 67.2 Å². The Morgan fingerprint density at radius 2 is 1.71 bits per heavy atom. The zero-order valence-corrected chi connectivity index (χ0v) is 17.8. The number of nitrogens with zero attached hydrogens (tertiary/aromatic N) is 6. The summed E-state index contributed by atoms with van der Waals surface area (Å²) in [6, 6.07) is 0.573. The van der Waals surface area contributed by atoms with Crippen LogP contribution in [0, 0.1) is 0 Å². The van der Waals surface area contributed by atoms with Crippen molar-refractivity contribution < 1.29 is 9.53 Å². The summed E-state index contributed by atoms with van der Waals surface area (Å²) in [7, 11) is 0. The van der Waals surface area contributed by atoms with Crippen LogP contribution >= 0.6 is 11.3 Å². The standard InChI is InChI=1S/C20H23N7O3S/c28-18(25-5-7-30-8-6-25)15-11-23-19(31-15)24-12-9-14(10-12)27-17-16(21-3-4-22-17)26(20(27)29)13-1-2-13/h3-4,11-14H,1-2,5-10H2,(H,23,24). The Balaban J connectivity index is 1.14. The van der Waals surface area contributed by atoms with Crippen molar-refractivity contribution in [2.24, 2.45) is 0 Å². The van der Waals surface area contributed by atoms with Crippen LogP contribution in [0.5, 0.6) is 0 Å². The maximum Gasteiger partial charge on any atom is 0.332 e. The second kappa shape index (κ2) is 7.41. The Bertz CT molecular complexity index is 1190. The highest BCUT2D eigenvalue weighted by Gasteiger charge is 2.37. The second-order valence-corrected chi connectivity index (χ2v) is 9.39. The van der Waals surface area contributed by atoms with E-state index in [-0.39, 0.29) is 29.7 Å². The van der Waals surface area contributed by atoms with Crippen LogP contribution in [0.2, 0.25) is 0 Å².